The van der Waals surface area contributed by atoms with Gasteiger partial charge in [-0.1, -0.05) is 18.2 Å². The molecular weight excluding hydrogens is 268 g/mol. The highest BCUT2D eigenvalue weighted by Gasteiger charge is 2.19. The van der Waals surface area contributed by atoms with Gasteiger partial charge in [0.1, 0.15) is 5.69 Å². The first kappa shape index (κ1) is 13.0. The van der Waals surface area contributed by atoms with Crippen LogP contribution in [0.1, 0.15) is 22.2 Å². The van der Waals surface area contributed by atoms with E-state index in [0.29, 0.717) is 0 Å². The molecule has 4 nitrogen and oxygen atoms in total. The quantitative estimate of drug-likeness (QED) is 0.801. The Hall–Kier alpha value is -1.98. The molecule has 1 aromatic carbocycles. The maximum Gasteiger partial charge on any atom is 0.105 e. The van der Waals surface area contributed by atoms with Crippen molar-refractivity contribution in [1.29, 1.82) is 0 Å². The van der Waals surface area contributed by atoms with E-state index in [2.05, 4.69) is 33.9 Å². The first-order valence-corrected chi connectivity index (χ1v) is 7.36. The van der Waals surface area contributed by atoms with Crippen LogP contribution >= 0.6 is 11.3 Å². The molecule has 0 saturated carbocycles. The molecule has 5 heteroatoms. The zero-order chi connectivity index (χ0) is 13.9. The van der Waals surface area contributed by atoms with E-state index in [1.807, 2.05) is 43.6 Å². The van der Waals surface area contributed by atoms with Crippen LogP contribution in [0.15, 0.2) is 48.0 Å². The summed E-state index contributed by atoms with van der Waals surface area (Å²) in [4.78, 5) is 2.95. The standard InChI is InChI=1S/C15H16N4S/c1-11-8-9-20-15(11)14(16-2)13-10-17-19(18-13)12-6-4-3-5-7-12/h3-10,14,16H,1-2H3. The van der Waals surface area contributed by atoms with Crippen LogP contribution in [0.25, 0.3) is 5.69 Å². The molecule has 0 aliphatic rings. The van der Waals surface area contributed by atoms with Gasteiger partial charge in [-0.15, -0.1) is 11.3 Å². The Bertz CT molecular complexity index is 687. The molecule has 3 rings (SSSR count). The van der Waals surface area contributed by atoms with E-state index >= 15 is 0 Å². The van der Waals surface area contributed by atoms with Crippen LogP contribution in [0, 0.1) is 6.92 Å². The van der Waals surface area contributed by atoms with Gasteiger partial charge in [-0.05, 0) is 43.1 Å². The van der Waals surface area contributed by atoms with Crippen LogP contribution in [0.3, 0.4) is 0 Å². The highest BCUT2D eigenvalue weighted by Crippen LogP contribution is 2.27. The summed E-state index contributed by atoms with van der Waals surface area (Å²) in [5, 5.41) is 14.4. The smallest absolute Gasteiger partial charge is 0.105 e. The monoisotopic (exact) mass is 284 g/mol. The molecule has 0 radical (unpaired) electrons. The van der Waals surface area contributed by atoms with E-state index in [9.17, 15) is 0 Å². The van der Waals surface area contributed by atoms with E-state index in [0.717, 1.165) is 11.4 Å². The number of aryl methyl sites for hydroxylation is 1. The van der Waals surface area contributed by atoms with Crippen molar-refractivity contribution in [2.45, 2.75) is 13.0 Å². The average molecular weight is 284 g/mol. The van der Waals surface area contributed by atoms with Gasteiger partial charge in [0.2, 0.25) is 0 Å². The summed E-state index contributed by atoms with van der Waals surface area (Å²) in [6, 6.07) is 12.2. The molecule has 0 amide bonds. The predicted octanol–water partition coefficient (Wildman–Crippen LogP) is 2.95. The van der Waals surface area contributed by atoms with Crippen LogP contribution in [-0.2, 0) is 0 Å². The van der Waals surface area contributed by atoms with Crippen LogP contribution < -0.4 is 5.32 Å². The Balaban J connectivity index is 1.95. The second-order valence-corrected chi connectivity index (χ2v) is 5.53. The third-order valence-corrected chi connectivity index (χ3v) is 4.33. The van der Waals surface area contributed by atoms with Crippen molar-refractivity contribution in [3.63, 3.8) is 0 Å². The molecule has 3 aromatic rings. The van der Waals surface area contributed by atoms with Gasteiger partial charge >= 0.3 is 0 Å². The lowest BCUT2D eigenvalue weighted by molar-refractivity contribution is 0.655. The summed E-state index contributed by atoms with van der Waals surface area (Å²) >= 11 is 1.74. The molecule has 0 saturated heterocycles. The average Bonchev–Trinajstić information content (AvgIpc) is 3.12. The highest BCUT2D eigenvalue weighted by molar-refractivity contribution is 7.10. The van der Waals surface area contributed by atoms with Crippen molar-refractivity contribution in [2.75, 3.05) is 7.05 Å². The molecule has 20 heavy (non-hydrogen) atoms. The van der Waals surface area contributed by atoms with E-state index in [4.69, 9.17) is 0 Å². The first-order chi connectivity index (χ1) is 9.79. The lowest BCUT2D eigenvalue weighted by atomic mass is 10.1. The van der Waals surface area contributed by atoms with Crippen LogP contribution in [0.4, 0.5) is 0 Å². The predicted molar refractivity (Wildman–Crippen MR) is 81.3 cm³/mol. The van der Waals surface area contributed by atoms with Crippen LogP contribution in [0.5, 0.6) is 0 Å². The van der Waals surface area contributed by atoms with Gasteiger partial charge in [0.15, 0.2) is 0 Å². The van der Waals surface area contributed by atoms with Crippen molar-refractivity contribution >= 4 is 11.3 Å². The minimum absolute atomic E-state index is 0.0902. The largest absolute Gasteiger partial charge is 0.307 e. The molecule has 2 aromatic heterocycles. The Kier molecular flexibility index (Phi) is 3.62. The third kappa shape index (κ3) is 2.37. The van der Waals surface area contributed by atoms with E-state index < -0.39 is 0 Å². The topological polar surface area (TPSA) is 42.7 Å². The molecule has 0 aliphatic carbocycles. The number of benzene rings is 1. The maximum atomic E-state index is 4.60. The van der Waals surface area contributed by atoms with Crippen LogP contribution in [-0.4, -0.2) is 22.0 Å². The lowest BCUT2D eigenvalue weighted by Crippen LogP contribution is -2.18. The first-order valence-electron chi connectivity index (χ1n) is 6.48. The summed E-state index contributed by atoms with van der Waals surface area (Å²) in [7, 11) is 1.95. The zero-order valence-electron chi connectivity index (χ0n) is 11.4. The van der Waals surface area contributed by atoms with Gasteiger partial charge in [-0.25, -0.2) is 0 Å². The molecule has 102 valence electrons. The molecule has 1 atom stereocenters. The van der Waals surface area contributed by atoms with Gasteiger partial charge in [0.25, 0.3) is 0 Å². The van der Waals surface area contributed by atoms with Gasteiger partial charge < -0.3 is 5.32 Å². The van der Waals surface area contributed by atoms with Crippen molar-refractivity contribution in [3.05, 3.63) is 64.1 Å². The van der Waals surface area contributed by atoms with E-state index in [-0.39, 0.29) is 6.04 Å². The number of hydrogen-bond donors (Lipinski definition) is 1. The number of nitrogens with zero attached hydrogens (tertiary/aromatic N) is 3. The zero-order valence-corrected chi connectivity index (χ0v) is 12.3. The third-order valence-electron chi connectivity index (χ3n) is 3.25. The fourth-order valence-electron chi connectivity index (χ4n) is 2.19. The fourth-order valence-corrected chi connectivity index (χ4v) is 3.23. The Labute approximate surface area is 122 Å². The number of aromatic nitrogens is 3. The van der Waals surface area contributed by atoms with Gasteiger partial charge in [-0.3, -0.25) is 0 Å². The van der Waals surface area contributed by atoms with E-state index in [1.54, 1.807) is 16.1 Å². The number of hydrogen-bond acceptors (Lipinski definition) is 4. The van der Waals surface area contributed by atoms with Gasteiger partial charge in [0.05, 0.1) is 17.9 Å². The minimum atomic E-state index is 0.0902. The molecule has 0 aliphatic heterocycles. The molecule has 1 N–H and O–H groups in total. The summed E-state index contributed by atoms with van der Waals surface area (Å²) in [6.45, 7) is 2.12. The Morgan fingerprint density at radius 2 is 2.00 bits per heavy atom. The SMILES string of the molecule is CNC(c1cnn(-c2ccccc2)n1)c1sccc1C. The Morgan fingerprint density at radius 3 is 2.65 bits per heavy atom. The molecule has 0 bridgehead atoms. The van der Waals surface area contributed by atoms with Gasteiger partial charge in [-0.2, -0.15) is 15.0 Å². The summed E-state index contributed by atoms with van der Waals surface area (Å²) < 4.78 is 0. The number of para-hydroxylation sites is 1. The summed E-state index contributed by atoms with van der Waals surface area (Å²) in [5.74, 6) is 0. The van der Waals surface area contributed by atoms with E-state index in [1.165, 1.54) is 10.4 Å². The second-order valence-electron chi connectivity index (χ2n) is 4.58. The van der Waals surface area contributed by atoms with Crippen molar-refractivity contribution in [3.8, 4) is 5.69 Å². The number of nitrogens with one attached hydrogen (secondary N) is 1. The normalized spacial score (nSPS) is 12.5. The van der Waals surface area contributed by atoms with Gasteiger partial charge in [0, 0.05) is 4.88 Å². The summed E-state index contributed by atoms with van der Waals surface area (Å²) in [5.41, 5.74) is 3.18. The minimum Gasteiger partial charge on any atom is -0.307 e. The summed E-state index contributed by atoms with van der Waals surface area (Å²) in [6.07, 6.45) is 1.83. The van der Waals surface area contributed by atoms with Crippen molar-refractivity contribution in [1.82, 2.24) is 20.3 Å². The lowest BCUT2D eigenvalue weighted by Gasteiger charge is -2.12. The molecule has 0 spiro atoms. The van der Waals surface area contributed by atoms with Crippen molar-refractivity contribution < 1.29 is 0 Å². The molecule has 0 fully saturated rings. The van der Waals surface area contributed by atoms with Crippen LogP contribution in [0.2, 0.25) is 0 Å². The highest BCUT2D eigenvalue weighted by atomic mass is 32.1. The number of thiophene rings is 1. The maximum absolute atomic E-state index is 4.60. The molecule has 2 heterocycles. The second kappa shape index (κ2) is 5.56. The molecule has 1 unspecified atom stereocenters. The van der Waals surface area contributed by atoms with Crippen molar-refractivity contribution in [2.24, 2.45) is 0 Å². The number of rotatable bonds is 4. The fraction of sp³-hybridized carbons (Fsp3) is 0.200. The molecular formula is C15H16N4S. The Morgan fingerprint density at radius 1 is 1.20 bits per heavy atom.